The third-order valence-electron chi connectivity index (χ3n) is 14.4. The van der Waals surface area contributed by atoms with E-state index in [9.17, 15) is 0 Å². The number of fused-ring (bicyclic) bond motifs is 12. The van der Waals surface area contributed by atoms with Crippen molar-refractivity contribution in [2.75, 3.05) is 9.80 Å². The van der Waals surface area contributed by atoms with Crippen molar-refractivity contribution >= 4 is 142 Å². The molecule has 4 heterocycles. The van der Waals surface area contributed by atoms with Gasteiger partial charge in [-0.1, -0.05) is 176 Å². The predicted octanol–water partition coefficient (Wildman–Crippen LogP) is 16.1. The summed E-state index contributed by atoms with van der Waals surface area (Å²) in [6.07, 6.45) is 0. The number of hydrogen-bond acceptors (Lipinski definition) is 4. The van der Waals surface area contributed by atoms with Crippen LogP contribution in [0.3, 0.4) is 0 Å². The Morgan fingerprint density at radius 3 is 1.18 bits per heavy atom. The Hall–Kier alpha value is -7.96. The van der Waals surface area contributed by atoms with E-state index in [1.807, 2.05) is 22.7 Å². The minimum absolute atomic E-state index is 0.0462. The van der Waals surface area contributed by atoms with Crippen LogP contribution in [0.5, 0.6) is 0 Å². The second kappa shape index (κ2) is 14.3. The Balaban J connectivity index is 1.13. The highest BCUT2D eigenvalue weighted by molar-refractivity contribution is 7.26. The third kappa shape index (κ3) is 5.38. The van der Waals surface area contributed by atoms with E-state index >= 15 is 0 Å². The van der Waals surface area contributed by atoms with Crippen molar-refractivity contribution in [2.45, 2.75) is 0 Å². The van der Waals surface area contributed by atoms with Crippen LogP contribution in [0.15, 0.2) is 224 Å². The van der Waals surface area contributed by atoms with Crippen molar-refractivity contribution in [1.82, 2.24) is 0 Å². The fraction of sp³-hybridized carbons (Fsp3) is 0. The van der Waals surface area contributed by atoms with Crippen molar-refractivity contribution in [2.24, 2.45) is 0 Å². The van der Waals surface area contributed by atoms with Gasteiger partial charge in [-0.15, -0.1) is 22.7 Å². The first-order valence-corrected chi connectivity index (χ1v) is 24.7. The lowest BCUT2D eigenvalue weighted by atomic mass is 9.33. The average molecular weight is 885 g/mol. The van der Waals surface area contributed by atoms with E-state index in [0.29, 0.717) is 0 Å². The van der Waals surface area contributed by atoms with Gasteiger partial charge < -0.3 is 9.80 Å². The Kier molecular flexibility index (Phi) is 7.94. The van der Waals surface area contributed by atoms with Gasteiger partial charge in [0, 0.05) is 74.2 Å². The molecule has 0 aliphatic carbocycles. The second-order valence-corrected chi connectivity index (χ2v) is 20.1. The summed E-state index contributed by atoms with van der Waals surface area (Å²) >= 11 is 3.77. The maximum absolute atomic E-state index is 2.66. The summed E-state index contributed by atoms with van der Waals surface area (Å²) in [4.78, 5) is 5.31. The predicted molar refractivity (Wildman–Crippen MR) is 292 cm³/mol. The number of rotatable bonds is 4. The van der Waals surface area contributed by atoms with Crippen LogP contribution in [0.4, 0.5) is 34.1 Å². The fourth-order valence-corrected chi connectivity index (χ4v) is 13.8. The van der Waals surface area contributed by atoms with Gasteiger partial charge in [0.1, 0.15) is 0 Å². The fourth-order valence-electron chi connectivity index (χ4n) is 11.6. The quantitative estimate of drug-likeness (QED) is 0.163. The molecule has 0 N–H and O–H groups in total. The van der Waals surface area contributed by atoms with E-state index in [1.165, 1.54) is 135 Å². The third-order valence-corrected chi connectivity index (χ3v) is 16.6. The van der Waals surface area contributed by atoms with Gasteiger partial charge in [-0.25, -0.2) is 0 Å². The van der Waals surface area contributed by atoms with Gasteiger partial charge in [0.05, 0.1) is 11.4 Å². The van der Waals surface area contributed by atoms with Gasteiger partial charge >= 0.3 is 0 Å². The van der Waals surface area contributed by atoms with Gasteiger partial charge in [0.25, 0.3) is 6.71 Å². The molecule has 5 heteroatoms. The monoisotopic (exact) mass is 884 g/mol. The standard InChI is InChI=1S/C62H37BN2S2/c1-3-16-38(17-4-1)44-30-32-56-58(46-24-11-13-28-54(46)66-56)61(44)64-50-26-15-27-51-60(50)63(48-34-40-20-7-9-22-42(40)36-52(48)64)49-35-41-21-8-10-23-43(41)37-53(49)65(51)62-45(39-18-5-2-6-19-39)31-33-57-59(62)47-25-12-14-29-55(47)67-57/h1-37H. The molecule has 0 saturated heterocycles. The van der Waals surface area contributed by atoms with E-state index in [0.717, 1.165) is 0 Å². The number of anilines is 6. The maximum atomic E-state index is 2.66. The Morgan fingerprint density at radius 1 is 0.313 bits per heavy atom. The highest BCUT2D eigenvalue weighted by Gasteiger charge is 2.45. The van der Waals surface area contributed by atoms with Gasteiger partial charge in [-0.05, 0) is 97.6 Å². The molecule has 11 aromatic carbocycles. The summed E-state index contributed by atoms with van der Waals surface area (Å²) in [5.41, 5.74) is 16.1. The van der Waals surface area contributed by atoms with Crippen LogP contribution in [-0.2, 0) is 0 Å². The Labute approximate surface area is 395 Å². The number of thiophene rings is 2. The molecule has 310 valence electrons. The topological polar surface area (TPSA) is 6.48 Å². The molecule has 0 spiro atoms. The molecule has 2 aromatic heterocycles. The molecule has 0 atom stereocenters. The number of benzene rings is 11. The molecular weight excluding hydrogens is 848 g/mol. The lowest BCUT2D eigenvalue weighted by Crippen LogP contribution is -2.61. The summed E-state index contributed by atoms with van der Waals surface area (Å²) in [6, 6.07) is 84.3. The van der Waals surface area contributed by atoms with Gasteiger partial charge in [-0.3, -0.25) is 0 Å². The number of hydrogen-bond donors (Lipinski definition) is 0. The first kappa shape index (κ1) is 37.3. The smallest absolute Gasteiger partial charge is 0.252 e. The minimum atomic E-state index is -0.0462. The van der Waals surface area contributed by atoms with Crippen LogP contribution in [-0.4, -0.2) is 6.71 Å². The minimum Gasteiger partial charge on any atom is -0.310 e. The lowest BCUT2D eigenvalue weighted by Gasteiger charge is -2.45. The molecule has 0 unspecified atom stereocenters. The molecule has 2 aliphatic rings. The van der Waals surface area contributed by atoms with Crippen LogP contribution in [0, 0.1) is 0 Å². The van der Waals surface area contributed by atoms with Crippen LogP contribution >= 0.6 is 22.7 Å². The van der Waals surface area contributed by atoms with Crippen molar-refractivity contribution in [3.63, 3.8) is 0 Å². The van der Waals surface area contributed by atoms with Gasteiger partial charge in [0.2, 0.25) is 0 Å². The SMILES string of the molecule is c1ccc(-c2ccc3sc4ccccc4c3c2N2c3cc4ccccc4cc3B3c4cc5ccccc5cc4N(c4c(-c5ccccc5)ccc5sc6ccccc6c45)c4cccc2c43)cc1. The summed E-state index contributed by atoms with van der Waals surface area (Å²) in [5, 5.41) is 10.1. The van der Waals surface area contributed by atoms with Crippen LogP contribution in [0.1, 0.15) is 0 Å². The zero-order valence-corrected chi connectivity index (χ0v) is 37.8. The van der Waals surface area contributed by atoms with Gasteiger partial charge in [-0.2, -0.15) is 0 Å². The van der Waals surface area contributed by atoms with Crippen molar-refractivity contribution in [3.05, 3.63) is 224 Å². The molecular formula is C62H37BN2S2. The lowest BCUT2D eigenvalue weighted by molar-refractivity contribution is 1.27. The highest BCUT2D eigenvalue weighted by Crippen LogP contribution is 2.54. The van der Waals surface area contributed by atoms with Crippen LogP contribution in [0.2, 0.25) is 0 Å². The highest BCUT2D eigenvalue weighted by atomic mass is 32.1. The molecule has 0 saturated carbocycles. The second-order valence-electron chi connectivity index (χ2n) is 17.9. The molecule has 0 bridgehead atoms. The molecule has 0 amide bonds. The van der Waals surface area contributed by atoms with Gasteiger partial charge in [0.15, 0.2) is 0 Å². The summed E-state index contributed by atoms with van der Waals surface area (Å²) in [5.74, 6) is 0. The van der Waals surface area contributed by atoms with E-state index in [2.05, 4.69) is 234 Å². The first-order chi connectivity index (χ1) is 33.2. The normalized spacial score (nSPS) is 13.0. The molecule has 0 radical (unpaired) electrons. The Bertz CT molecular complexity index is 3930. The number of nitrogens with zero attached hydrogens (tertiary/aromatic N) is 2. The first-order valence-electron chi connectivity index (χ1n) is 23.0. The zero-order chi connectivity index (χ0) is 43.7. The van der Waals surface area contributed by atoms with Crippen molar-refractivity contribution in [1.29, 1.82) is 0 Å². The molecule has 13 aromatic rings. The molecule has 67 heavy (non-hydrogen) atoms. The molecule has 0 fully saturated rings. The summed E-state index contributed by atoms with van der Waals surface area (Å²) in [6.45, 7) is -0.0462. The van der Waals surface area contributed by atoms with E-state index in [-0.39, 0.29) is 6.71 Å². The Morgan fingerprint density at radius 2 is 0.716 bits per heavy atom. The van der Waals surface area contributed by atoms with E-state index in [4.69, 9.17) is 0 Å². The molecule has 2 nitrogen and oxygen atoms in total. The summed E-state index contributed by atoms with van der Waals surface area (Å²) < 4.78 is 5.16. The zero-order valence-electron chi connectivity index (χ0n) is 36.2. The van der Waals surface area contributed by atoms with Crippen molar-refractivity contribution < 1.29 is 0 Å². The molecule has 15 rings (SSSR count). The van der Waals surface area contributed by atoms with Crippen LogP contribution in [0.25, 0.3) is 84.1 Å². The van der Waals surface area contributed by atoms with E-state index in [1.54, 1.807) is 0 Å². The van der Waals surface area contributed by atoms with Crippen LogP contribution < -0.4 is 26.2 Å². The van der Waals surface area contributed by atoms with E-state index < -0.39 is 0 Å². The largest absolute Gasteiger partial charge is 0.310 e. The molecule has 2 aliphatic heterocycles. The summed E-state index contributed by atoms with van der Waals surface area (Å²) in [7, 11) is 0. The maximum Gasteiger partial charge on any atom is 0.252 e. The van der Waals surface area contributed by atoms with Crippen molar-refractivity contribution in [3.8, 4) is 22.3 Å². The average Bonchev–Trinajstić information content (AvgIpc) is 3.97.